The number of hydrogen-bond donors (Lipinski definition) is 2. The van der Waals surface area contributed by atoms with Gasteiger partial charge in [-0.25, -0.2) is 0 Å². The number of carbonyl (C=O) groups is 3. The molecule has 1 heterocycles. The van der Waals surface area contributed by atoms with Crippen LogP contribution in [0.5, 0.6) is 5.75 Å². The van der Waals surface area contributed by atoms with Crippen LogP contribution in [-0.2, 0) is 4.79 Å². The molecule has 0 radical (unpaired) electrons. The Bertz CT molecular complexity index is 1380. The number of carbonyl (C=O) groups excluding carboxylic acids is 3. The molecule has 2 amide bonds. The summed E-state index contributed by atoms with van der Waals surface area (Å²) in [7, 11) is 1.58. The van der Waals surface area contributed by atoms with Gasteiger partial charge in [-0.2, -0.15) is 0 Å². The maximum Gasteiger partial charge on any atom is 0.272 e. The number of hydrogen-bond acceptors (Lipinski definition) is 6. The number of Topliss-reactive ketones (excluding diaryl/α,β-unsaturated/α-hetero) is 1. The van der Waals surface area contributed by atoms with Gasteiger partial charge >= 0.3 is 0 Å². The summed E-state index contributed by atoms with van der Waals surface area (Å²) in [4.78, 5) is 39.9. The highest BCUT2D eigenvalue weighted by molar-refractivity contribution is 8.00. The molecular weight excluding hydrogens is 504 g/mol. The van der Waals surface area contributed by atoms with Crippen LogP contribution >= 0.6 is 23.1 Å². The maximum absolute atomic E-state index is 13.1. The van der Waals surface area contributed by atoms with Gasteiger partial charge in [0.1, 0.15) is 11.4 Å². The number of nitrogens with one attached hydrogen (secondary N) is 2. The van der Waals surface area contributed by atoms with Gasteiger partial charge in [-0.05, 0) is 78.2 Å². The van der Waals surface area contributed by atoms with Crippen LogP contribution in [0.4, 0.5) is 5.69 Å². The van der Waals surface area contributed by atoms with E-state index in [2.05, 4.69) is 10.6 Å². The van der Waals surface area contributed by atoms with Crippen molar-refractivity contribution in [2.75, 3.05) is 18.2 Å². The molecule has 2 N–H and O–H groups in total. The smallest absolute Gasteiger partial charge is 0.272 e. The SMILES string of the molecule is COc1ccc(C(=O)CSc2ccc(NC(=O)/C(=C/c3cccs3)NC(=O)c3ccccc3)cc2)cc1. The van der Waals surface area contributed by atoms with E-state index in [0.717, 1.165) is 9.77 Å². The van der Waals surface area contributed by atoms with Crippen molar-refractivity contribution in [3.63, 3.8) is 0 Å². The van der Waals surface area contributed by atoms with Crippen LogP contribution in [0, 0.1) is 0 Å². The number of thioether (sulfide) groups is 1. The average molecular weight is 529 g/mol. The Balaban J connectivity index is 1.38. The molecule has 0 saturated heterocycles. The van der Waals surface area contributed by atoms with Gasteiger partial charge in [-0.1, -0.05) is 24.3 Å². The normalized spacial score (nSPS) is 11.0. The summed E-state index contributed by atoms with van der Waals surface area (Å²) in [6.07, 6.45) is 1.65. The molecule has 3 aromatic carbocycles. The number of ketones is 1. The Morgan fingerprint density at radius 3 is 2.24 bits per heavy atom. The topological polar surface area (TPSA) is 84.5 Å². The highest BCUT2D eigenvalue weighted by Gasteiger charge is 2.15. The van der Waals surface area contributed by atoms with Gasteiger partial charge in [0.25, 0.3) is 11.8 Å². The molecule has 1 aromatic heterocycles. The zero-order valence-electron chi connectivity index (χ0n) is 20.0. The first-order chi connectivity index (χ1) is 18.0. The summed E-state index contributed by atoms with van der Waals surface area (Å²) in [5.74, 6) is 0.203. The van der Waals surface area contributed by atoms with Gasteiger partial charge in [0, 0.05) is 26.6 Å². The third kappa shape index (κ3) is 7.42. The Morgan fingerprint density at radius 2 is 1.59 bits per heavy atom. The zero-order valence-corrected chi connectivity index (χ0v) is 21.6. The molecule has 4 aromatic rings. The van der Waals surface area contributed by atoms with Gasteiger partial charge < -0.3 is 15.4 Å². The fourth-order valence-electron chi connectivity index (χ4n) is 3.30. The van der Waals surface area contributed by atoms with Crippen molar-refractivity contribution >= 4 is 52.5 Å². The fourth-order valence-corrected chi connectivity index (χ4v) is 4.75. The quantitative estimate of drug-likeness (QED) is 0.147. The molecule has 0 atom stereocenters. The molecule has 0 bridgehead atoms. The van der Waals surface area contributed by atoms with Crippen molar-refractivity contribution < 1.29 is 19.1 Å². The van der Waals surface area contributed by atoms with Crippen molar-refractivity contribution in [1.29, 1.82) is 0 Å². The molecule has 0 aliphatic heterocycles. The highest BCUT2D eigenvalue weighted by atomic mass is 32.2. The first kappa shape index (κ1) is 25.9. The largest absolute Gasteiger partial charge is 0.497 e. The lowest BCUT2D eigenvalue weighted by Gasteiger charge is -2.11. The summed E-state index contributed by atoms with van der Waals surface area (Å²) in [6.45, 7) is 0. The van der Waals surface area contributed by atoms with Gasteiger partial charge in [0.05, 0.1) is 12.9 Å². The third-order valence-electron chi connectivity index (χ3n) is 5.25. The molecule has 6 nitrogen and oxygen atoms in total. The first-order valence-electron chi connectivity index (χ1n) is 11.3. The molecule has 0 aliphatic carbocycles. The van der Waals surface area contributed by atoms with E-state index in [1.807, 2.05) is 35.7 Å². The van der Waals surface area contributed by atoms with Crippen LogP contribution in [0.2, 0.25) is 0 Å². The van der Waals surface area contributed by atoms with Crippen LogP contribution in [-0.4, -0.2) is 30.5 Å². The van der Waals surface area contributed by atoms with Gasteiger partial charge in [-0.15, -0.1) is 23.1 Å². The van der Waals surface area contributed by atoms with Gasteiger partial charge in [0.2, 0.25) is 0 Å². The van der Waals surface area contributed by atoms with Crippen molar-refractivity contribution in [1.82, 2.24) is 5.32 Å². The summed E-state index contributed by atoms with van der Waals surface area (Å²) >= 11 is 2.88. The molecule has 0 aliphatic rings. The number of amides is 2. The molecule has 0 saturated carbocycles. The van der Waals surface area contributed by atoms with Crippen molar-refractivity contribution in [2.24, 2.45) is 0 Å². The third-order valence-corrected chi connectivity index (χ3v) is 7.08. The minimum absolute atomic E-state index is 0.0162. The standard InChI is InChI=1S/C29H24N2O4S2/c1-35-23-13-9-20(10-14-23)27(32)19-37-24-15-11-22(12-16-24)30-29(34)26(18-25-8-5-17-36-25)31-28(33)21-6-3-2-4-7-21/h2-18H,19H2,1H3,(H,30,34)(H,31,33)/b26-18-. The molecule has 37 heavy (non-hydrogen) atoms. The van der Waals surface area contributed by atoms with E-state index in [-0.39, 0.29) is 23.1 Å². The lowest BCUT2D eigenvalue weighted by molar-refractivity contribution is -0.113. The first-order valence-corrected chi connectivity index (χ1v) is 13.2. The molecule has 4 rings (SSSR count). The number of thiophene rings is 1. The van der Waals surface area contributed by atoms with Gasteiger partial charge in [0.15, 0.2) is 5.78 Å². The molecule has 0 spiro atoms. The second-order valence-electron chi connectivity index (χ2n) is 7.81. The minimum atomic E-state index is -0.437. The second-order valence-corrected chi connectivity index (χ2v) is 9.84. The van der Waals surface area contributed by atoms with E-state index >= 15 is 0 Å². The molecule has 8 heteroatoms. The fraction of sp³-hybridized carbons (Fsp3) is 0.0690. The molecule has 0 fully saturated rings. The average Bonchev–Trinajstić information content (AvgIpc) is 3.46. The lowest BCUT2D eigenvalue weighted by atomic mass is 10.1. The Hall–Kier alpha value is -4.14. The monoisotopic (exact) mass is 528 g/mol. The van der Waals surface area contributed by atoms with Crippen molar-refractivity contribution in [3.05, 3.63) is 118 Å². The summed E-state index contributed by atoms with van der Waals surface area (Å²) in [5, 5.41) is 7.46. The van der Waals surface area contributed by atoms with E-state index in [0.29, 0.717) is 22.6 Å². The van der Waals surface area contributed by atoms with Crippen molar-refractivity contribution in [3.8, 4) is 5.75 Å². The number of benzene rings is 3. The van der Waals surface area contributed by atoms with Gasteiger partial charge in [-0.3, -0.25) is 14.4 Å². The number of anilines is 1. The van der Waals surface area contributed by atoms with Crippen molar-refractivity contribution in [2.45, 2.75) is 4.90 Å². The number of methoxy groups -OCH3 is 1. The van der Waals surface area contributed by atoms with Crippen LogP contribution in [0.25, 0.3) is 6.08 Å². The molecule has 0 unspecified atom stereocenters. The van der Waals surface area contributed by atoms with E-state index in [4.69, 9.17) is 4.74 Å². The van der Waals surface area contributed by atoms with Crippen LogP contribution < -0.4 is 15.4 Å². The van der Waals surface area contributed by atoms with E-state index in [9.17, 15) is 14.4 Å². The summed E-state index contributed by atoms with van der Waals surface area (Å²) in [6, 6.07) is 26.7. The predicted octanol–water partition coefficient (Wildman–Crippen LogP) is 6.14. The molecular formula is C29H24N2O4S2. The predicted molar refractivity (Wildman–Crippen MR) is 149 cm³/mol. The second kappa shape index (κ2) is 12.7. The number of ether oxygens (including phenoxy) is 1. The lowest BCUT2D eigenvalue weighted by Crippen LogP contribution is -2.30. The van der Waals surface area contributed by atoms with Crippen LogP contribution in [0.1, 0.15) is 25.6 Å². The van der Waals surface area contributed by atoms with Crippen LogP contribution in [0.3, 0.4) is 0 Å². The number of rotatable bonds is 10. The van der Waals surface area contributed by atoms with E-state index < -0.39 is 5.91 Å². The summed E-state index contributed by atoms with van der Waals surface area (Å²) < 4.78 is 5.13. The zero-order chi connectivity index (χ0) is 26.0. The van der Waals surface area contributed by atoms with E-state index in [1.54, 1.807) is 73.8 Å². The summed E-state index contributed by atoms with van der Waals surface area (Å²) in [5.41, 5.74) is 1.79. The Labute approximate surface area is 223 Å². The maximum atomic E-state index is 13.1. The molecule has 186 valence electrons. The van der Waals surface area contributed by atoms with Crippen LogP contribution in [0.15, 0.2) is 107 Å². The Kier molecular flexibility index (Phi) is 8.91. The highest BCUT2D eigenvalue weighted by Crippen LogP contribution is 2.23. The van der Waals surface area contributed by atoms with E-state index in [1.165, 1.54) is 23.1 Å². The minimum Gasteiger partial charge on any atom is -0.497 e. The Morgan fingerprint density at radius 1 is 0.865 bits per heavy atom.